The van der Waals surface area contributed by atoms with Crippen LogP contribution in [0.15, 0.2) is 24.3 Å². The number of hydrogen-bond donors (Lipinski definition) is 1. The number of hydrogen-bond acceptors (Lipinski definition) is 1. The maximum Gasteiger partial charge on any atom is 0.0317 e. The summed E-state index contributed by atoms with van der Waals surface area (Å²) in [6.45, 7) is 8.02. The van der Waals surface area contributed by atoms with Gasteiger partial charge in [-0.15, -0.1) is 0 Å². The van der Waals surface area contributed by atoms with Crippen LogP contribution < -0.4 is 5.32 Å². The maximum absolute atomic E-state index is 3.79. The molecule has 1 fully saturated rings. The van der Waals surface area contributed by atoms with Gasteiger partial charge in [-0.05, 0) is 50.1 Å². The molecule has 1 N–H and O–H groups in total. The SMILES string of the molecule is CCC(NCC1CCC(C)CC1)c1ccc(C)cc1. The molecule has 0 spiro atoms. The molecule has 0 amide bonds. The molecule has 1 atom stereocenters. The van der Waals surface area contributed by atoms with Crippen molar-refractivity contribution in [1.29, 1.82) is 0 Å². The molecule has 1 heteroatoms. The summed E-state index contributed by atoms with van der Waals surface area (Å²) in [5, 5.41) is 3.79. The van der Waals surface area contributed by atoms with E-state index in [2.05, 4.69) is 50.4 Å². The molecule has 0 saturated heterocycles. The molecule has 2 rings (SSSR count). The summed E-state index contributed by atoms with van der Waals surface area (Å²) in [7, 11) is 0. The minimum Gasteiger partial charge on any atom is -0.310 e. The minimum absolute atomic E-state index is 0.528. The molecule has 1 unspecified atom stereocenters. The van der Waals surface area contributed by atoms with E-state index in [4.69, 9.17) is 0 Å². The maximum atomic E-state index is 3.79. The number of aryl methyl sites for hydroxylation is 1. The average Bonchev–Trinajstić information content (AvgIpc) is 2.43. The molecule has 1 aliphatic rings. The van der Waals surface area contributed by atoms with Gasteiger partial charge in [0, 0.05) is 6.04 Å². The van der Waals surface area contributed by atoms with Gasteiger partial charge in [0.1, 0.15) is 0 Å². The van der Waals surface area contributed by atoms with Crippen molar-refractivity contribution < 1.29 is 0 Å². The second-order valence-electron chi connectivity index (χ2n) is 6.41. The molecule has 1 saturated carbocycles. The standard InChI is InChI=1S/C18H29N/c1-4-18(17-11-7-15(3)8-12-17)19-13-16-9-5-14(2)6-10-16/h7-8,11-12,14,16,18-19H,4-6,9-10,13H2,1-3H3. The molecule has 0 radical (unpaired) electrons. The second kappa shape index (κ2) is 7.09. The van der Waals surface area contributed by atoms with Gasteiger partial charge in [-0.1, -0.05) is 56.5 Å². The highest BCUT2D eigenvalue weighted by atomic mass is 14.9. The lowest BCUT2D eigenvalue weighted by molar-refractivity contribution is 0.273. The highest BCUT2D eigenvalue weighted by Gasteiger charge is 2.19. The Morgan fingerprint density at radius 3 is 2.32 bits per heavy atom. The normalized spacial score (nSPS) is 25.2. The lowest BCUT2D eigenvalue weighted by Gasteiger charge is -2.28. The van der Waals surface area contributed by atoms with Crippen LogP contribution in [0, 0.1) is 18.8 Å². The Hall–Kier alpha value is -0.820. The number of rotatable bonds is 5. The van der Waals surface area contributed by atoms with Gasteiger partial charge in [0.2, 0.25) is 0 Å². The molecule has 106 valence electrons. The van der Waals surface area contributed by atoms with Crippen LogP contribution in [0.3, 0.4) is 0 Å². The minimum atomic E-state index is 0.528. The molecule has 1 nitrogen and oxygen atoms in total. The molecule has 0 aliphatic heterocycles. The van der Waals surface area contributed by atoms with Crippen LogP contribution in [0.5, 0.6) is 0 Å². The van der Waals surface area contributed by atoms with E-state index in [-0.39, 0.29) is 0 Å². The zero-order valence-corrected chi connectivity index (χ0v) is 12.8. The highest BCUT2D eigenvalue weighted by molar-refractivity contribution is 5.24. The second-order valence-corrected chi connectivity index (χ2v) is 6.41. The van der Waals surface area contributed by atoms with E-state index in [1.165, 1.54) is 49.8 Å². The topological polar surface area (TPSA) is 12.0 Å². The molecule has 0 aromatic heterocycles. The van der Waals surface area contributed by atoms with E-state index < -0.39 is 0 Å². The van der Waals surface area contributed by atoms with Crippen LogP contribution in [0.4, 0.5) is 0 Å². The summed E-state index contributed by atoms with van der Waals surface area (Å²) in [6, 6.07) is 9.53. The third kappa shape index (κ3) is 4.35. The first-order valence-corrected chi connectivity index (χ1v) is 7.99. The first-order valence-electron chi connectivity index (χ1n) is 7.99. The predicted molar refractivity (Wildman–Crippen MR) is 83.3 cm³/mol. The average molecular weight is 259 g/mol. The van der Waals surface area contributed by atoms with Gasteiger partial charge in [-0.3, -0.25) is 0 Å². The summed E-state index contributed by atoms with van der Waals surface area (Å²) in [4.78, 5) is 0. The Balaban J connectivity index is 1.84. The summed E-state index contributed by atoms with van der Waals surface area (Å²) < 4.78 is 0. The van der Waals surface area contributed by atoms with Crippen molar-refractivity contribution in [2.75, 3.05) is 6.54 Å². The van der Waals surface area contributed by atoms with Gasteiger partial charge in [0.15, 0.2) is 0 Å². The molecule has 1 aromatic carbocycles. The third-order valence-corrected chi connectivity index (χ3v) is 4.68. The molecule has 19 heavy (non-hydrogen) atoms. The Bertz CT molecular complexity index is 360. The first kappa shape index (κ1) is 14.6. The number of benzene rings is 1. The summed E-state index contributed by atoms with van der Waals surface area (Å²) in [5.41, 5.74) is 2.79. The van der Waals surface area contributed by atoms with Crippen molar-refractivity contribution >= 4 is 0 Å². The zero-order valence-electron chi connectivity index (χ0n) is 12.8. The molecule has 0 bridgehead atoms. The summed E-state index contributed by atoms with van der Waals surface area (Å²) >= 11 is 0. The predicted octanol–water partition coefficient (Wildman–Crippen LogP) is 4.86. The van der Waals surface area contributed by atoms with Gasteiger partial charge in [0.25, 0.3) is 0 Å². The first-order chi connectivity index (χ1) is 9.19. The smallest absolute Gasteiger partial charge is 0.0317 e. The van der Waals surface area contributed by atoms with Crippen LogP contribution in [-0.2, 0) is 0 Å². The van der Waals surface area contributed by atoms with E-state index in [0.29, 0.717) is 6.04 Å². The van der Waals surface area contributed by atoms with Crippen LogP contribution in [0.1, 0.15) is 63.1 Å². The van der Waals surface area contributed by atoms with Crippen LogP contribution >= 0.6 is 0 Å². The fraction of sp³-hybridized carbons (Fsp3) is 0.667. The lowest BCUT2D eigenvalue weighted by atomic mass is 9.83. The highest BCUT2D eigenvalue weighted by Crippen LogP contribution is 2.28. The van der Waals surface area contributed by atoms with Crippen molar-refractivity contribution in [3.63, 3.8) is 0 Å². The quantitative estimate of drug-likeness (QED) is 0.796. The van der Waals surface area contributed by atoms with E-state index >= 15 is 0 Å². The van der Waals surface area contributed by atoms with Crippen molar-refractivity contribution in [1.82, 2.24) is 5.32 Å². The Morgan fingerprint density at radius 1 is 1.11 bits per heavy atom. The van der Waals surface area contributed by atoms with Crippen LogP contribution in [0.2, 0.25) is 0 Å². The molecular weight excluding hydrogens is 230 g/mol. The lowest BCUT2D eigenvalue weighted by Crippen LogP contribution is -2.29. The van der Waals surface area contributed by atoms with Gasteiger partial charge >= 0.3 is 0 Å². The van der Waals surface area contributed by atoms with Crippen molar-refractivity contribution in [3.8, 4) is 0 Å². The zero-order chi connectivity index (χ0) is 13.7. The van der Waals surface area contributed by atoms with E-state index in [1.807, 2.05) is 0 Å². The molecular formula is C18H29N. The monoisotopic (exact) mass is 259 g/mol. The molecule has 1 aliphatic carbocycles. The van der Waals surface area contributed by atoms with Crippen LogP contribution in [-0.4, -0.2) is 6.54 Å². The Morgan fingerprint density at radius 2 is 1.74 bits per heavy atom. The van der Waals surface area contributed by atoms with Gasteiger partial charge in [-0.2, -0.15) is 0 Å². The van der Waals surface area contributed by atoms with Crippen molar-refractivity contribution in [2.24, 2.45) is 11.8 Å². The van der Waals surface area contributed by atoms with Crippen molar-refractivity contribution in [2.45, 2.75) is 58.9 Å². The fourth-order valence-corrected chi connectivity index (χ4v) is 3.14. The molecule has 0 heterocycles. The number of nitrogens with one attached hydrogen (secondary N) is 1. The van der Waals surface area contributed by atoms with Crippen LogP contribution in [0.25, 0.3) is 0 Å². The van der Waals surface area contributed by atoms with E-state index in [1.54, 1.807) is 0 Å². The summed E-state index contributed by atoms with van der Waals surface area (Å²) in [5.74, 6) is 1.85. The van der Waals surface area contributed by atoms with Gasteiger partial charge in [0.05, 0.1) is 0 Å². The van der Waals surface area contributed by atoms with E-state index in [9.17, 15) is 0 Å². The Labute approximate surface area is 118 Å². The largest absolute Gasteiger partial charge is 0.310 e. The summed E-state index contributed by atoms with van der Waals surface area (Å²) in [6.07, 6.45) is 6.85. The van der Waals surface area contributed by atoms with E-state index in [0.717, 1.165) is 11.8 Å². The van der Waals surface area contributed by atoms with Crippen molar-refractivity contribution in [3.05, 3.63) is 35.4 Å². The third-order valence-electron chi connectivity index (χ3n) is 4.68. The fourth-order valence-electron chi connectivity index (χ4n) is 3.14. The Kier molecular flexibility index (Phi) is 5.45. The molecule has 1 aromatic rings. The van der Waals surface area contributed by atoms with Gasteiger partial charge < -0.3 is 5.32 Å². The van der Waals surface area contributed by atoms with Gasteiger partial charge in [-0.25, -0.2) is 0 Å².